The number of esters is 1. The van der Waals surface area contributed by atoms with E-state index in [-0.39, 0.29) is 5.97 Å². The number of aryl methyl sites for hydroxylation is 2. The molecule has 0 unspecified atom stereocenters. The molecule has 0 radical (unpaired) electrons. The molecular weight excluding hydrogens is 192 g/mol. The minimum atomic E-state index is -0.347. The lowest BCUT2D eigenvalue weighted by Gasteiger charge is -1.99. The van der Waals surface area contributed by atoms with Crippen molar-refractivity contribution in [1.29, 1.82) is 0 Å². The van der Waals surface area contributed by atoms with Crippen LogP contribution in [0.2, 0.25) is 0 Å². The molecule has 0 saturated heterocycles. The van der Waals surface area contributed by atoms with Gasteiger partial charge in [0, 0.05) is 5.39 Å². The fourth-order valence-corrected chi connectivity index (χ4v) is 1.79. The Balaban J connectivity index is 2.82. The van der Waals surface area contributed by atoms with Crippen LogP contribution in [0.5, 0.6) is 0 Å². The summed E-state index contributed by atoms with van der Waals surface area (Å²) >= 11 is 0. The van der Waals surface area contributed by atoms with Crippen LogP contribution in [0.4, 0.5) is 0 Å². The van der Waals surface area contributed by atoms with Gasteiger partial charge in [-0.15, -0.1) is 0 Å². The molecule has 0 aliphatic rings. The molecule has 0 amide bonds. The Morgan fingerprint density at radius 3 is 2.73 bits per heavy atom. The number of hydrogen-bond acceptors (Lipinski definition) is 3. The molecule has 0 fully saturated rings. The van der Waals surface area contributed by atoms with E-state index in [0.29, 0.717) is 11.3 Å². The van der Waals surface area contributed by atoms with Crippen molar-refractivity contribution in [2.24, 2.45) is 0 Å². The number of hydrogen-bond donors (Lipinski definition) is 0. The molecule has 3 nitrogen and oxygen atoms in total. The van der Waals surface area contributed by atoms with Crippen molar-refractivity contribution in [3.8, 4) is 0 Å². The predicted octanol–water partition coefficient (Wildman–Crippen LogP) is 2.84. The predicted molar refractivity (Wildman–Crippen MR) is 57.0 cm³/mol. The summed E-state index contributed by atoms with van der Waals surface area (Å²) in [7, 11) is 1.37. The van der Waals surface area contributed by atoms with Gasteiger partial charge in [-0.3, -0.25) is 0 Å². The second kappa shape index (κ2) is 3.42. The lowest BCUT2D eigenvalue weighted by atomic mass is 10.1. The Hall–Kier alpha value is -1.77. The third-order valence-corrected chi connectivity index (χ3v) is 2.49. The van der Waals surface area contributed by atoms with Gasteiger partial charge in [0.1, 0.15) is 16.9 Å². The molecule has 0 atom stereocenters. The van der Waals surface area contributed by atoms with E-state index in [0.717, 1.165) is 16.5 Å². The van der Waals surface area contributed by atoms with E-state index in [1.54, 1.807) is 6.92 Å². The van der Waals surface area contributed by atoms with E-state index in [9.17, 15) is 4.79 Å². The van der Waals surface area contributed by atoms with Crippen LogP contribution in [0.25, 0.3) is 11.0 Å². The lowest BCUT2D eigenvalue weighted by molar-refractivity contribution is 0.0600. The van der Waals surface area contributed by atoms with Gasteiger partial charge in [-0.05, 0) is 25.5 Å². The van der Waals surface area contributed by atoms with Crippen molar-refractivity contribution in [1.82, 2.24) is 0 Å². The van der Waals surface area contributed by atoms with Crippen molar-refractivity contribution in [3.63, 3.8) is 0 Å². The molecule has 0 saturated carbocycles. The van der Waals surface area contributed by atoms with E-state index >= 15 is 0 Å². The Morgan fingerprint density at radius 2 is 2.07 bits per heavy atom. The second-order valence-corrected chi connectivity index (χ2v) is 3.47. The number of carbonyl (C=O) groups is 1. The zero-order valence-corrected chi connectivity index (χ0v) is 8.96. The summed E-state index contributed by atoms with van der Waals surface area (Å²) in [6.07, 6.45) is 0. The van der Waals surface area contributed by atoms with Crippen LogP contribution in [-0.4, -0.2) is 13.1 Å². The number of ether oxygens (including phenoxy) is 1. The molecule has 15 heavy (non-hydrogen) atoms. The van der Waals surface area contributed by atoms with Crippen LogP contribution >= 0.6 is 0 Å². The number of carbonyl (C=O) groups excluding carboxylic acids is 1. The van der Waals surface area contributed by atoms with Gasteiger partial charge in [-0.25, -0.2) is 4.79 Å². The highest BCUT2D eigenvalue weighted by Gasteiger charge is 2.19. The number of benzene rings is 1. The molecule has 2 aromatic rings. The molecular formula is C12H12O3. The lowest BCUT2D eigenvalue weighted by Crippen LogP contribution is -2.02. The maximum atomic E-state index is 11.6. The molecule has 3 heteroatoms. The highest BCUT2D eigenvalue weighted by Crippen LogP contribution is 2.28. The van der Waals surface area contributed by atoms with Gasteiger partial charge in [0.25, 0.3) is 0 Å². The van der Waals surface area contributed by atoms with Crippen LogP contribution in [0.3, 0.4) is 0 Å². The normalized spacial score (nSPS) is 10.6. The number of furan rings is 1. The fraction of sp³-hybridized carbons (Fsp3) is 0.250. The standard InChI is InChI=1S/C12H12O3/c1-7-5-4-6-9-10(7)11(8(2)15-9)12(13)14-3/h4-6H,1-3H3. The molecule has 0 aliphatic heterocycles. The first-order valence-corrected chi connectivity index (χ1v) is 4.72. The molecule has 0 spiro atoms. The van der Waals surface area contributed by atoms with E-state index < -0.39 is 0 Å². The van der Waals surface area contributed by atoms with Crippen molar-refractivity contribution in [2.45, 2.75) is 13.8 Å². The third-order valence-electron chi connectivity index (χ3n) is 2.49. The zero-order chi connectivity index (χ0) is 11.0. The Kier molecular flexibility index (Phi) is 2.23. The average molecular weight is 204 g/mol. The highest BCUT2D eigenvalue weighted by atomic mass is 16.5. The van der Waals surface area contributed by atoms with E-state index in [1.807, 2.05) is 25.1 Å². The van der Waals surface area contributed by atoms with Crippen LogP contribution in [0, 0.1) is 13.8 Å². The third kappa shape index (κ3) is 1.40. The maximum absolute atomic E-state index is 11.6. The second-order valence-electron chi connectivity index (χ2n) is 3.47. The first-order chi connectivity index (χ1) is 7.15. The largest absolute Gasteiger partial charge is 0.465 e. The van der Waals surface area contributed by atoms with Gasteiger partial charge < -0.3 is 9.15 Å². The molecule has 2 rings (SSSR count). The summed E-state index contributed by atoms with van der Waals surface area (Å²) in [5.41, 5.74) is 2.28. The Morgan fingerprint density at radius 1 is 1.33 bits per heavy atom. The van der Waals surface area contributed by atoms with E-state index in [4.69, 9.17) is 9.15 Å². The smallest absolute Gasteiger partial charge is 0.342 e. The van der Waals surface area contributed by atoms with E-state index in [2.05, 4.69) is 0 Å². The minimum Gasteiger partial charge on any atom is -0.465 e. The van der Waals surface area contributed by atoms with Gasteiger partial charge in [0.15, 0.2) is 0 Å². The topological polar surface area (TPSA) is 39.4 Å². The summed E-state index contributed by atoms with van der Waals surface area (Å²) in [5.74, 6) is 0.256. The minimum absolute atomic E-state index is 0.347. The molecule has 78 valence electrons. The van der Waals surface area contributed by atoms with Crippen LogP contribution in [0.1, 0.15) is 21.7 Å². The summed E-state index contributed by atoms with van der Waals surface area (Å²) in [4.78, 5) is 11.6. The van der Waals surface area contributed by atoms with Gasteiger partial charge in [-0.1, -0.05) is 12.1 Å². The molecule has 1 heterocycles. The number of methoxy groups -OCH3 is 1. The van der Waals surface area contributed by atoms with Gasteiger partial charge in [0.05, 0.1) is 7.11 Å². The van der Waals surface area contributed by atoms with Crippen LogP contribution < -0.4 is 0 Å². The summed E-state index contributed by atoms with van der Waals surface area (Å²) in [5, 5.41) is 0.849. The molecule has 0 bridgehead atoms. The number of rotatable bonds is 1. The van der Waals surface area contributed by atoms with Crippen LogP contribution in [0.15, 0.2) is 22.6 Å². The summed E-state index contributed by atoms with van der Waals surface area (Å²) in [6.45, 7) is 3.72. The summed E-state index contributed by atoms with van der Waals surface area (Å²) < 4.78 is 10.2. The van der Waals surface area contributed by atoms with Crippen molar-refractivity contribution < 1.29 is 13.9 Å². The van der Waals surface area contributed by atoms with Gasteiger partial charge >= 0.3 is 5.97 Å². The molecule has 0 aliphatic carbocycles. The average Bonchev–Trinajstić information content (AvgIpc) is 2.55. The van der Waals surface area contributed by atoms with Crippen LogP contribution in [-0.2, 0) is 4.74 Å². The van der Waals surface area contributed by atoms with Crippen molar-refractivity contribution in [3.05, 3.63) is 35.1 Å². The van der Waals surface area contributed by atoms with Gasteiger partial charge in [0.2, 0.25) is 0 Å². The first-order valence-electron chi connectivity index (χ1n) is 4.72. The first kappa shape index (κ1) is 9.77. The Labute approximate surface area is 87.6 Å². The maximum Gasteiger partial charge on any atom is 0.342 e. The van der Waals surface area contributed by atoms with Gasteiger partial charge in [-0.2, -0.15) is 0 Å². The molecule has 0 N–H and O–H groups in total. The summed E-state index contributed by atoms with van der Waals surface area (Å²) in [6, 6.07) is 5.70. The molecule has 1 aromatic heterocycles. The Bertz CT molecular complexity index is 523. The zero-order valence-electron chi connectivity index (χ0n) is 8.96. The monoisotopic (exact) mass is 204 g/mol. The van der Waals surface area contributed by atoms with Crippen molar-refractivity contribution in [2.75, 3.05) is 7.11 Å². The number of fused-ring (bicyclic) bond motifs is 1. The van der Waals surface area contributed by atoms with Crippen molar-refractivity contribution >= 4 is 16.9 Å². The quantitative estimate of drug-likeness (QED) is 0.670. The molecule has 1 aromatic carbocycles. The fourth-order valence-electron chi connectivity index (χ4n) is 1.79. The SMILES string of the molecule is COC(=O)c1c(C)oc2cccc(C)c12. The van der Waals surface area contributed by atoms with E-state index in [1.165, 1.54) is 7.11 Å². The highest BCUT2D eigenvalue weighted by molar-refractivity contribution is 6.05.